The van der Waals surface area contributed by atoms with Crippen molar-refractivity contribution < 1.29 is 9.59 Å². The van der Waals surface area contributed by atoms with E-state index in [1.165, 1.54) is 33.0 Å². The predicted octanol–water partition coefficient (Wildman–Crippen LogP) is 9.13. The maximum absolute atomic E-state index is 12.6. The molecule has 0 unspecified atom stereocenters. The van der Waals surface area contributed by atoms with Crippen molar-refractivity contribution in [3.05, 3.63) is 117 Å². The van der Waals surface area contributed by atoms with E-state index in [1.54, 1.807) is 13.0 Å². The van der Waals surface area contributed by atoms with Crippen LogP contribution >= 0.6 is 23.2 Å². The van der Waals surface area contributed by atoms with Gasteiger partial charge in [0.25, 0.3) is 0 Å². The lowest BCUT2D eigenvalue weighted by molar-refractivity contribution is -0.117. The number of carbonyl (C=O) groups is 2. The maximum Gasteiger partial charge on any atom is 0.162 e. The summed E-state index contributed by atoms with van der Waals surface area (Å²) in [5, 5.41) is 3.83. The minimum Gasteiger partial charge on any atom is -0.300 e. The summed E-state index contributed by atoms with van der Waals surface area (Å²) in [6.07, 6.45) is 2.43. The molecule has 0 aliphatic carbocycles. The third kappa shape index (κ3) is 6.78. The van der Waals surface area contributed by atoms with Gasteiger partial charge < -0.3 is 4.79 Å². The highest BCUT2D eigenvalue weighted by molar-refractivity contribution is 6.34. The summed E-state index contributed by atoms with van der Waals surface area (Å²) >= 11 is 12.7. The van der Waals surface area contributed by atoms with E-state index in [9.17, 15) is 9.59 Å². The highest BCUT2D eigenvalue weighted by Gasteiger charge is 2.34. The van der Waals surface area contributed by atoms with E-state index in [-0.39, 0.29) is 17.6 Å². The number of fused-ring (bicyclic) bond motifs is 1. The molecule has 0 saturated carbocycles. The first-order chi connectivity index (χ1) is 18.7. The van der Waals surface area contributed by atoms with Crippen LogP contribution in [0.3, 0.4) is 0 Å². The summed E-state index contributed by atoms with van der Waals surface area (Å²) in [5.74, 6) is 0.520. The first kappa shape index (κ1) is 27.6. The lowest BCUT2D eigenvalue weighted by Crippen LogP contribution is -2.23. The van der Waals surface area contributed by atoms with Crippen LogP contribution in [0, 0.1) is 6.92 Å². The molecule has 0 aromatic heterocycles. The van der Waals surface area contributed by atoms with E-state index in [0.29, 0.717) is 40.8 Å². The molecule has 5 heteroatoms. The Morgan fingerprint density at radius 2 is 1.51 bits per heavy atom. The average molecular weight is 559 g/mol. The van der Waals surface area contributed by atoms with Gasteiger partial charge >= 0.3 is 0 Å². The van der Waals surface area contributed by atoms with Gasteiger partial charge in [0, 0.05) is 47.6 Å². The number of halogens is 2. The van der Waals surface area contributed by atoms with Gasteiger partial charge in [-0.1, -0.05) is 83.4 Å². The van der Waals surface area contributed by atoms with Crippen molar-refractivity contribution >= 4 is 45.5 Å². The Hall–Kier alpha value is -2.98. The van der Waals surface area contributed by atoms with Crippen molar-refractivity contribution in [1.29, 1.82) is 0 Å². The van der Waals surface area contributed by atoms with E-state index >= 15 is 0 Å². The van der Waals surface area contributed by atoms with Crippen molar-refractivity contribution in [2.75, 3.05) is 6.54 Å². The smallest absolute Gasteiger partial charge is 0.162 e. The second-order valence-corrected chi connectivity index (χ2v) is 11.7. The van der Waals surface area contributed by atoms with Crippen LogP contribution in [0.2, 0.25) is 10.0 Å². The van der Waals surface area contributed by atoms with E-state index in [0.717, 1.165) is 19.5 Å². The third-order valence-corrected chi connectivity index (χ3v) is 8.19. The minimum atomic E-state index is 0.0890. The number of likely N-dealkylation sites (tertiary alicyclic amines) is 1. The van der Waals surface area contributed by atoms with Gasteiger partial charge in [-0.15, -0.1) is 0 Å². The van der Waals surface area contributed by atoms with Crippen LogP contribution in [0.25, 0.3) is 10.8 Å². The highest BCUT2D eigenvalue weighted by Crippen LogP contribution is 2.43. The molecule has 1 fully saturated rings. The largest absolute Gasteiger partial charge is 0.300 e. The van der Waals surface area contributed by atoms with E-state index in [1.807, 2.05) is 24.3 Å². The number of Topliss-reactive ketones (excluding diaryl/α,β-unsaturated/α-hetero) is 2. The van der Waals surface area contributed by atoms with Gasteiger partial charge in [0.15, 0.2) is 5.78 Å². The lowest BCUT2D eigenvalue weighted by atomic mass is 9.93. The van der Waals surface area contributed by atoms with E-state index in [2.05, 4.69) is 60.4 Å². The molecule has 0 spiro atoms. The van der Waals surface area contributed by atoms with Gasteiger partial charge in [0.05, 0.1) is 0 Å². The van der Waals surface area contributed by atoms with Crippen molar-refractivity contribution in [2.24, 2.45) is 0 Å². The Kier molecular flexibility index (Phi) is 8.52. The summed E-state index contributed by atoms with van der Waals surface area (Å²) in [7, 11) is 0. The van der Waals surface area contributed by atoms with Crippen LogP contribution in [-0.2, 0) is 11.3 Å². The topological polar surface area (TPSA) is 37.4 Å². The predicted molar refractivity (Wildman–Crippen MR) is 161 cm³/mol. The Morgan fingerprint density at radius 3 is 2.23 bits per heavy atom. The van der Waals surface area contributed by atoms with Gasteiger partial charge in [-0.3, -0.25) is 9.69 Å². The van der Waals surface area contributed by atoms with Crippen LogP contribution in [0.5, 0.6) is 0 Å². The Labute approximate surface area is 240 Å². The Morgan fingerprint density at radius 1 is 0.821 bits per heavy atom. The third-order valence-electron chi connectivity index (χ3n) is 7.76. The van der Waals surface area contributed by atoms with Gasteiger partial charge in [0.2, 0.25) is 0 Å². The van der Waals surface area contributed by atoms with Gasteiger partial charge in [-0.05, 0) is 84.3 Å². The van der Waals surface area contributed by atoms with Crippen LogP contribution in [0.4, 0.5) is 0 Å². The molecule has 0 amide bonds. The van der Waals surface area contributed by atoms with Crippen molar-refractivity contribution in [2.45, 2.75) is 58.0 Å². The lowest BCUT2D eigenvalue weighted by Gasteiger charge is -2.25. The molecular formula is C34H33Cl2NO2. The molecule has 200 valence electrons. The first-order valence-electron chi connectivity index (χ1n) is 13.6. The number of hydrogen-bond donors (Lipinski definition) is 0. The summed E-state index contributed by atoms with van der Waals surface area (Å²) in [4.78, 5) is 26.3. The second kappa shape index (κ2) is 12.0. The first-order valence-corrected chi connectivity index (χ1v) is 14.3. The number of rotatable bonds is 9. The standard InChI is InChI=1S/C34H33Cl2NO2/c1-22-6-9-27-15-28(13-12-26(27)14-22)33-18-30(29-16-31(35)19-32(36)17-29)21-37(33)20-24-7-10-25(11-8-24)34(39)5-3-4-23(2)38/h6-17,19,30,33H,3-5,18,20-21H2,1-2H3/t30-,33-/m1/s1. The van der Waals surface area contributed by atoms with Crippen LogP contribution in [0.15, 0.2) is 78.9 Å². The SMILES string of the molecule is CC(=O)CCCC(=O)c1ccc(CN2C[C@H](c3cc(Cl)cc(Cl)c3)C[C@@H]2c2ccc3cc(C)ccc3c2)cc1. The zero-order valence-electron chi connectivity index (χ0n) is 22.4. The summed E-state index contributed by atoms with van der Waals surface area (Å²) in [6.45, 7) is 5.35. The Bertz CT molecular complexity index is 1490. The molecule has 4 aromatic rings. The molecule has 1 heterocycles. The van der Waals surface area contributed by atoms with E-state index < -0.39 is 0 Å². The molecule has 0 radical (unpaired) electrons. The quantitative estimate of drug-likeness (QED) is 0.192. The average Bonchev–Trinajstić information content (AvgIpc) is 3.32. The molecule has 5 rings (SSSR count). The fraction of sp³-hybridized carbons (Fsp3) is 0.294. The number of carbonyl (C=O) groups excluding carboxylic acids is 2. The normalized spacial score (nSPS) is 17.5. The molecule has 1 aliphatic heterocycles. The second-order valence-electron chi connectivity index (χ2n) is 10.9. The highest BCUT2D eigenvalue weighted by atomic mass is 35.5. The summed E-state index contributed by atoms with van der Waals surface area (Å²) in [5.41, 5.74) is 5.61. The van der Waals surface area contributed by atoms with Crippen LogP contribution in [-0.4, -0.2) is 23.0 Å². The van der Waals surface area contributed by atoms with Crippen LogP contribution in [0.1, 0.15) is 77.2 Å². The van der Waals surface area contributed by atoms with Gasteiger partial charge in [-0.2, -0.15) is 0 Å². The molecule has 3 nitrogen and oxygen atoms in total. The zero-order chi connectivity index (χ0) is 27.5. The van der Waals surface area contributed by atoms with E-state index in [4.69, 9.17) is 23.2 Å². The molecule has 0 N–H and O–H groups in total. The molecule has 1 aliphatic rings. The molecule has 4 aromatic carbocycles. The monoisotopic (exact) mass is 557 g/mol. The molecule has 1 saturated heterocycles. The number of ketones is 2. The fourth-order valence-electron chi connectivity index (χ4n) is 5.74. The molecular weight excluding hydrogens is 525 g/mol. The van der Waals surface area contributed by atoms with Gasteiger partial charge in [0.1, 0.15) is 5.78 Å². The van der Waals surface area contributed by atoms with Crippen molar-refractivity contribution in [1.82, 2.24) is 4.90 Å². The number of hydrogen-bond acceptors (Lipinski definition) is 3. The van der Waals surface area contributed by atoms with Crippen molar-refractivity contribution in [3.63, 3.8) is 0 Å². The number of benzene rings is 4. The van der Waals surface area contributed by atoms with Crippen LogP contribution < -0.4 is 0 Å². The summed E-state index contributed by atoms with van der Waals surface area (Å²) in [6, 6.07) is 27.5. The molecule has 0 bridgehead atoms. The fourth-order valence-corrected chi connectivity index (χ4v) is 6.28. The summed E-state index contributed by atoms with van der Waals surface area (Å²) < 4.78 is 0. The van der Waals surface area contributed by atoms with Gasteiger partial charge in [-0.25, -0.2) is 0 Å². The molecule has 39 heavy (non-hydrogen) atoms. The van der Waals surface area contributed by atoms with Crippen molar-refractivity contribution in [3.8, 4) is 0 Å². The number of nitrogens with zero attached hydrogens (tertiary/aromatic N) is 1. The Balaban J connectivity index is 1.39. The molecule has 2 atom stereocenters. The minimum absolute atomic E-state index is 0.0890. The number of aryl methyl sites for hydroxylation is 1. The zero-order valence-corrected chi connectivity index (χ0v) is 23.9. The maximum atomic E-state index is 12.6.